The van der Waals surface area contributed by atoms with E-state index in [0.29, 0.717) is 22.2 Å². The van der Waals surface area contributed by atoms with E-state index in [1.54, 1.807) is 22.7 Å². The maximum atomic E-state index is 11.7. The molecule has 0 fully saturated rings. The molecule has 6 nitrogen and oxygen atoms in total. The molecule has 0 saturated carbocycles. The van der Waals surface area contributed by atoms with E-state index in [1.165, 1.54) is 7.11 Å². The molecule has 7 heteroatoms. The van der Waals surface area contributed by atoms with E-state index >= 15 is 0 Å². The molecule has 3 aromatic rings. The minimum absolute atomic E-state index is 0.0109. The summed E-state index contributed by atoms with van der Waals surface area (Å²) in [5.41, 5.74) is 3.99. The molecule has 2 heterocycles. The van der Waals surface area contributed by atoms with Crippen molar-refractivity contribution in [3.8, 4) is 0 Å². The van der Waals surface area contributed by atoms with Crippen LogP contribution in [0.5, 0.6) is 0 Å². The van der Waals surface area contributed by atoms with Crippen molar-refractivity contribution in [2.75, 3.05) is 7.11 Å². The standard InChI is InChI=1S/C18H17ClN4O2/c1-11-4-5-12(2)14(8-11)21-22-18-15(9-17(24)25-3)20-16-7-6-13(19)10-23(16)18/h4-8,10H,9H2,1-3H3. The molecule has 0 spiro atoms. The second-order valence-electron chi connectivity index (χ2n) is 5.70. The molecule has 0 amide bonds. The van der Waals surface area contributed by atoms with Gasteiger partial charge in [-0.25, -0.2) is 4.98 Å². The summed E-state index contributed by atoms with van der Waals surface area (Å²) in [5.74, 6) is 0.0708. The van der Waals surface area contributed by atoms with Crippen molar-refractivity contribution in [3.63, 3.8) is 0 Å². The molecule has 0 saturated heterocycles. The number of rotatable bonds is 4. The van der Waals surface area contributed by atoms with Gasteiger partial charge in [-0.15, -0.1) is 10.2 Å². The normalized spacial score (nSPS) is 11.4. The lowest BCUT2D eigenvalue weighted by Gasteiger charge is -2.02. The minimum atomic E-state index is -0.391. The highest BCUT2D eigenvalue weighted by Gasteiger charge is 2.16. The van der Waals surface area contributed by atoms with Crippen molar-refractivity contribution in [3.05, 3.63) is 58.4 Å². The molecule has 0 atom stereocenters. The average molecular weight is 357 g/mol. The molecular weight excluding hydrogens is 340 g/mol. The smallest absolute Gasteiger partial charge is 0.311 e. The number of methoxy groups -OCH3 is 1. The van der Waals surface area contributed by atoms with Crippen molar-refractivity contribution in [2.45, 2.75) is 20.3 Å². The number of benzene rings is 1. The number of aryl methyl sites for hydroxylation is 2. The Kier molecular flexibility index (Phi) is 4.81. The lowest BCUT2D eigenvalue weighted by atomic mass is 10.1. The van der Waals surface area contributed by atoms with Gasteiger partial charge in [0.05, 0.1) is 29.9 Å². The number of pyridine rings is 1. The molecule has 0 bridgehead atoms. The van der Waals surface area contributed by atoms with Gasteiger partial charge in [-0.3, -0.25) is 9.20 Å². The number of imidazole rings is 1. The summed E-state index contributed by atoms with van der Waals surface area (Å²) in [5, 5.41) is 9.25. The summed E-state index contributed by atoms with van der Waals surface area (Å²) in [7, 11) is 1.34. The highest BCUT2D eigenvalue weighted by atomic mass is 35.5. The summed E-state index contributed by atoms with van der Waals surface area (Å²) < 4.78 is 6.46. The Morgan fingerprint density at radius 2 is 2.04 bits per heavy atom. The van der Waals surface area contributed by atoms with Crippen molar-refractivity contribution < 1.29 is 9.53 Å². The first kappa shape index (κ1) is 17.1. The third-order valence-corrected chi connectivity index (χ3v) is 4.01. The Labute approximate surface area is 150 Å². The maximum Gasteiger partial charge on any atom is 0.311 e. The summed E-state index contributed by atoms with van der Waals surface area (Å²) in [6.45, 7) is 3.96. The zero-order chi connectivity index (χ0) is 18.0. The van der Waals surface area contributed by atoms with Gasteiger partial charge in [0.15, 0.2) is 5.82 Å². The van der Waals surface area contributed by atoms with Crippen LogP contribution in [0.1, 0.15) is 16.8 Å². The lowest BCUT2D eigenvalue weighted by Crippen LogP contribution is -2.04. The van der Waals surface area contributed by atoms with Gasteiger partial charge in [-0.2, -0.15) is 0 Å². The number of aromatic nitrogens is 2. The quantitative estimate of drug-likeness (QED) is 0.501. The third kappa shape index (κ3) is 3.69. The molecule has 128 valence electrons. The second-order valence-corrected chi connectivity index (χ2v) is 6.14. The van der Waals surface area contributed by atoms with Crippen LogP contribution in [0.3, 0.4) is 0 Å². The fourth-order valence-corrected chi connectivity index (χ4v) is 2.58. The molecule has 0 unspecified atom stereocenters. The van der Waals surface area contributed by atoms with Gasteiger partial charge >= 0.3 is 5.97 Å². The van der Waals surface area contributed by atoms with E-state index in [1.807, 2.05) is 32.0 Å². The van der Waals surface area contributed by atoms with Gasteiger partial charge in [0.1, 0.15) is 5.65 Å². The molecule has 25 heavy (non-hydrogen) atoms. The summed E-state index contributed by atoms with van der Waals surface area (Å²) >= 11 is 6.08. The number of halogens is 1. The number of hydrogen-bond acceptors (Lipinski definition) is 5. The molecular formula is C18H17ClN4O2. The van der Waals surface area contributed by atoms with Crippen LogP contribution in [0.2, 0.25) is 5.02 Å². The van der Waals surface area contributed by atoms with Gasteiger partial charge in [-0.1, -0.05) is 23.7 Å². The Morgan fingerprint density at radius 3 is 2.80 bits per heavy atom. The molecule has 0 aliphatic heterocycles. The van der Waals surface area contributed by atoms with Crippen LogP contribution in [0, 0.1) is 13.8 Å². The van der Waals surface area contributed by atoms with Gasteiger partial charge in [0.25, 0.3) is 0 Å². The Hall–Kier alpha value is -2.73. The fraction of sp³-hybridized carbons (Fsp3) is 0.222. The van der Waals surface area contributed by atoms with Crippen LogP contribution in [-0.2, 0) is 16.0 Å². The summed E-state index contributed by atoms with van der Waals surface area (Å²) in [4.78, 5) is 16.1. The number of carbonyl (C=O) groups excluding carboxylic acids is 1. The number of hydrogen-bond donors (Lipinski definition) is 0. The van der Waals surface area contributed by atoms with E-state index in [-0.39, 0.29) is 6.42 Å². The second kappa shape index (κ2) is 7.03. The predicted octanol–water partition coefficient (Wildman–Crippen LogP) is 4.74. The molecule has 2 aromatic heterocycles. The zero-order valence-electron chi connectivity index (χ0n) is 14.2. The first-order valence-electron chi connectivity index (χ1n) is 7.70. The molecule has 3 rings (SSSR count). The third-order valence-electron chi connectivity index (χ3n) is 3.78. The number of esters is 1. The number of nitrogens with zero attached hydrogens (tertiary/aromatic N) is 4. The van der Waals surface area contributed by atoms with Crippen molar-refractivity contribution >= 4 is 34.7 Å². The first-order chi connectivity index (χ1) is 12.0. The number of carbonyl (C=O) groups is 1. The van der Waals surface area contributed by atoms with E-state index in [4.69, 9.17) is 16.3 Å². The lowest BCUT2D eigenvalue weighted by molar-refractivity contribution is -0.139. The van der Waals surface area contributed by atoms with Crippen LogP contribution in [0.4, 0.5) is 11.5 Å². The van der Waals surface area contributed by atoms with Gasteiger partial charge in [-0.05, 0) is 43.2 Å². The SMILES string of the molecule is COC(=O)Cc1nc2ccc(Cl)cn2c1N=Nc1cc(C)ccc1C. The largest absolute Gasteiger partial charge is 0.469 e. The fourth-order valence-electron chi connectivity index (χ4n) is 2.42. The Bertz CT molecular complexity index is 979. The monoisotopic (exact) mass is 356 g/mol. The highest BCUT2D eigenvalue weighted by molar-refractivity contribution is 6.30. The Balaban J connectivity index is 2.10. The van der Waals surface area contributed by atoms with E-state index < -0.39 is 5.97 Å². The highest BCUT2D eigenvalue weighted by Crippen LogP contribution is 2.28. The van der Waals surface area contributed by atoms with Crippen molar-refractivity contribution in [1.29, 1.82) is 0 Å². The summed E-state index contributed by atoms with van der Waals surface area (Å²) in [6.07, 6.45) is 1.71. The maximum absolute atomic E-state index is 11.7. The number of fused-ring (bicyclic) bond motifs is 1. The van der Waals surface area contributed by atoms with Gasteiger partial charge in [0, 0.05) is 6.20 Å². The van der Waals surface area contributed by atoms with Crippen LogP contribution in [-0.4, -0.2) is 22.5 Å². The first-order valence-corrected chi connectivity index (χ1v) is 8.08. The molecule has 0 aliphatic rings. The minimum Gasteiger partial charge on any atom is -0.469 e. The van der Waals surface area contributed by atoms with Gasteiger partial charge < -0.3 is 4.74 Å². The van der Waals surface area contributed by atoms with Crippen molar-refractivity contribution in [2.24, 2.45) is 10.2 Å². The average Bonchev–Trinajstić information content (AvgIpc) is 2.92. The molecule has 1 aromatic carbocycles. The van der Waals surface area contributed by atoms with E-state index in [9.17, 15) is 4.79 Å². The molecule has 0 radical (unpaired) electrons. The van der Waals surface area contributed by atoms with Gasteiger partial charge in [0.2, 0.25) is 0 Å². The van der Waals surface area contributed by atoms with E-state index in [2.05, 4.69) is 15.2 Å². The van der Waals surface area contributed by atoms with E-state index in [0.717, 1.165) is 16.8 Å². The number of ether oxygens (including phenoxy) is 1. The van der Waals surface area contributed by atoms with Crippen LogP contribution < -0.4 is 0 Å². The Morgan fingerprint density at radius 1 is 1.24 bits per heavy atom. The summed E-state index contributed by atoms with van der Waals surface area (Å²) in [6, 6.07) is 9.46. The van der Waals surface area contributed by atoms with Crippen LogP contribution in [0.25, 0.3) is 5.65 Å². The van der Waals surface area contributed by atoms with Crippen molar-refractivity contribution in [1.82, 2.24) is 9.38 Å². The zero-order valence-corrected chi connectivity index (χ0v) is 14.9. The predicted molar refractivity (Wildman–Crippen MR) is 96.0 cm³/mol. The van der Waals surface area contributed by atoms with Crippen LogP contribution >= 0.6 is 11.6 Å². The van der Waals surface area contributed by atoms with Crippen LogP contribution in [0.15, 0.2) is 46.8 Å². The molecule has 0 N–H and O–H groups in total. The molecule has 0 aliphatic carbocycles. The topological polar surface area (TPSA) is 68.3 Å². The number of azo groups is 1.